The molecule has 4 N–H and O–H groups in total. The zero-order chi connectivity index (χ0) is 26.3. The topological polar surface area (TPSA) is 143 Å². The molecule has 13 heteroatoms. The third kappa shape index (κ3) is 4.60. The molecule has 37 heavy (non-hydrogen) atoms. The Kier molecular flexibility index (Phi) is 6.96. The fraction of sp³-hybridized carbons (Fsp3) is 0.333. The van der Waals surface area contributed by atoms with Crippen molar-refractivity contribution in [2.24, 2.45) is 0 Å². The molecule has 2 aromatic carbocycles. The lowest BCUT2D eigenvalue weighted by atomic mass is 9.92. The number of halogens is 1. The fourth-order valence-corrected chi connectivity index (χ4v) is 4.76. The summed E-state index contributed by atoms with van der Waals surface area (Å²) in [4.78, 5) is 4.98. The van der Waals surface area contributed by atoms with Gasteiger partial charge in [0.25, 0.3) is 0 Å². The van der Waals surface area contributed by atoms with Gasteiger partial charge in [-0.15, -0.1) is 17.7 Å². The second-order valence-corrected chi connectivity index (χ2v) is 9.26. The minimum Gasteiger partial charge on any atom is -0.394 e. The van der Waals surface area contributed by atoms with Crippen molar-refractivity contribution in [3.63, 3.8) is 0 Å². The number of rotatable bonds is 6. The fourth-order valence-electron chi connectivity index (χ4n) is 4.44. The largest absolute Gasteiger partial charge is 0.394 e. The molecule has 11 nitrogen and oxygen atoms in total. The highest BCUT2D eigenvalue weighted by atomic mass is 32.1. The Labute approximate surface area is 217 Å². The van der Waals surface area contributed by atoms with Gasteiger partial charge < -0.3 is 25.4 Å². The van der Waals surface area contributed by atoms with E-state index in [1.807, 2.05) is 6.07 Å². The van der Waals surface area contributed by atoms with Gasteiger partial charge in [-0.2, -0.15) is 5.10 Å². The first-order valence-electron chi connectivity index (χ1n) is 11.5. The molecule has 1 saturated heterocycles. The van der Waals surface area contributed by atoms with Crippen molar-refractivity contribution in [1.29, 1.82) is 0 Å². The van der Waals surface area contributed by atoms with Crippen LogP contribution in [0.1, 0.15) is 23.5 Å². The molecular formula is C24H26FN7O4S. The Morgan fingerprint density at radius 2 is 1.97 bits per heavy atom. The smallest absolute Gasteiger partial charge is 0.163 e. The summed E-state index contributed by atoms with van der Waals surface area (Å²) in [6.45, 7) is 1.14. The van der Waals surface area contributed by atoms with Gasteiger partial charge in [0.15, 0.2) is 5.82 Å². The average Bonchev–Trinajstić information content (AvgIpc) is 3.56. The molecule has 0 bridgehead atoms. The van der Waals surface area contributed by atoms with Gasteiger partial charge in [0.05, 0.1) is 18.5 Å². The van der Waals surface area contributed by atoms with Crippen LogP contribution in [0.2, 0.25) is 0 Å². The molecule has 0 unspecified atom stereocenters. The second-order valence-electron chi connectivity index (χ2n) is 8.78. The van der Waals surface area contributed by atoms with Crippen molar-refractivity contribution < 1.29 is 24.4 Å². The van der Waals surface area contributed by atoms with E-state index in [0.717, 1.165) is 5.69 Å². The number of nitrogens with one attached hydrogen (secondary N) is 1. The zero-order valence-electron chi connectivity index (χ0n) is 20.0. The zero-order valence-corrected chi connectivity index (χ0v) is 20.9. The molecule has 4 aromatic rings. The number of benzene rings is 2. The number of nitrogens with zero attached hydrogens (tertiary/aromatic N) is 6. The van der Waals surface area contributed by atoms with Crippen LogP contribution in [0.5, 0.6) is 0 Å². The molecule has 1 aliphatic rings. The van der Waals surface area contributed by atoms with E-state index in [4.69, 9.17) is 4.74 Å². The van der Waals surface area contributed by atoms with E-state index in [0.29, 0.717) is 27.4 Å². The number of aryl methyl sites for hydroxylation is 1. The van der Waals surface area contributed by atoms with E-state index >= 15 is 0 Å². The van der Waals surface area contributed by atoms with Gasteiger partial charge in [-0.3, -0.25) is 0 Å². The highest BCUT2D eigenvalue weighted by Gasteiger charge is 2.48. The Morgan fingerprint density at radius 1 is 1.16 bits per heavy atom. The molecule has 3 heterocycles. The predicted molar refractivity (Wildman–Crippen MR) is 134 cm³/mol. The molecule has 5 rings (SSSR count). The first-order chi connectivity index (χ1) is 17.8. The van der Waals surface area contributed by atoms with Crippen LogP contribution in [0.3, 0.4) is 0 Å². The highest BCUT2D eigenvalue weighted by Crippen LogP contribution is 2.38. The summed E-state index contributed by atoms with van der Waals surface area (Å²) < 4.78 is 22.8. The van der Waals surface area contributed by atoms with Crippen LogP contribution in [-0.4, -0.2) is 77.0 Å². The Morgan fingerprint density at radius 3 is 2.68 bits per heavy atom. The number of aromatic nitrogens is 6. The first-order valence-corrected chi connectivity index (χ1v) is 12.0. The molecule has 0 saturated carbocycles. The van der Waals surface area contributed by atoms with Gasteiger partial charge >= 0.3 is 0 Å². The SMILES string of the molecule is CNc1ccc(-n2ncnc2[C@@H]2O[C@H](CO)[C@H](O)[C@H](n3cc(-c4ccc(C)c(F)c4)nn3)[C@H]2O)cc1S. The Hall–Kier alpha value is -3.36. The Bertz CT molecular complexity index is 1410. The summed E-state index contributed by atoms with van der Waals surface area (Å²) in [6, 6.07) is 9.05. The van der Waals surface area contributed by atoms with E-state index < -0.39 is 37.1 Å². The molecular weight excluding hydrogens is 501 g/mol. The monoisotopic (exact) mass is 527 g/mol. The van der Waals surface area contributed by atoms with E-state index in [1.54, 1.807) is 38.2 Å². The van der Waals surface area contributed by atoms with Crippen LogP contribution in [0.15, 0.2) is 53.8 Å². The predicted octanol–water partition coefficient (Wildman–Crippen LogP) is 1.70. The summed E-state index contributed by atoms with van der Waals surface area (Å²) >= 11 is 4.49. The number of aliphatic hydroxyl groups excluding tert-OH is 3. The highest BCUT2D eigenvalue weighted by molar-refractivity contribution is 7.80. The van der Waals surface area contributed by atoms with Crippen LogP contribution in [-0.2, 0) is 4.74 Å². The number of aliphatic hydroxyl groups is 3. The molecule has 5 atom stereocenters. The summed E-state index contributed by atoms with van der Waals surface area (Å²) in [5.41, 5.74) is 2.79. The third-order valence-corrected chi connectivity index (χ3v) is 6.87. The van der Waals surface area contributed by atoms with Crippen molar-refractivity contribution >= 4 is 18.3 Å². The maximum Gasteiger partial charge on any atom is 0.163 e. The average molecular weight is 528 g/mol. The van der Waals surface area contributed by atoms with Crippen molar-refractivity contribution in [2.45, 2.75) is 42.3 Å². The third-order valence-electron chi connectivity index (χ3n) is 6.50. The summed E-state index contributed by atoms with van der Waals surface area (Å²) in [5, 5.41) is 47.8. The summed E-state index contributed by atoms with van der Waals surface area (Å²) in [6.07, 6.45) is -1.98. The van der Waals surface area contributed by atoms with Gasteiger partial charge in [-0.05, 0) is 36.8 Å². The molecule has 0 spiro atoms. The van der Waals surface area contributed by atoms with Gasteiger partial charge in [-0.1, -0.05) is 17.3 Å². The molecule has 194 valence electrons. The quantitative estimate of drug-likeness (QED) is 0.237. The van der Waals surface area contributed by atoms with Crippen molar-refractivity contribution in [1.82, 2.24) is 29.8 Å². The number of hydrogen-bond acceptors (Lipinski definition) is 10. The number of ether oxygens (including phenoxy) is 1. The summed E-state index contributed by atoms with van der Waals surface area (Å²) in [7, 11) is 1.78. The molecule has 0 aliphatic carbocycles. The van der Waals surface area contributed by atoms with E-state index in [1.165, 1.54) is 28.0 Å². The van der Waals surface area contributed by atoms with E-state index in [2.05, 4.69) is 38.3 Å². The maximum atomic E-state index is 14.1. The second kappa shape index (κ2) is 10.2. The van der Waals surface area contributed by atoms with Gasteiger partial charge in [0.1, 0.15) is 48.3 Å². The van der Waals surface area contributed by atoms with Crippen molar-refractivity contribution in [3.05, 3.63) is 66.1 Å². The molecule has 1 fully saturated rings. The van der Waals surface area contributed by atoms with Crippen molar-refractivity contribution in [3.8, 4) is 16.9 Å². The van der Waals surface area contributed by atoms with Crippen LogP contribution in [0, 0.1) is 12.7 Å². The summed E-state index contributed by atoms with van der Waals surface area (Å²) in [5.74, 6) is -0.126. The van der Waals surface area contributed by atoms with Crippen molar-refractivity contribution in [2.75, 3.05) is 19.0 Å². The van der Waals surface area contributed by atoms with Crippen LogP contribution >= 0.6 is 12.6 Å². The van der Waals surface area contributed by atoms with Gasteiger partial charge in [0, 0.05) is 23.2 Å². The van der Waals surface area contributed by atoms with Crippen LogP contribution in [0.4, 0.5) is 10.1 Å². The van der Waals surface area contributed by atoms with E-state index in [-0.39, 0.29) is 11.6 Å². The van der Waals surface area contributed by atoms with Gasteiger partial charge in [-0.25, -0.2) is 18.7 Å². The minimum absolute atomic E-state index is 0.258. The lowest BCUT2D eigenvalue weighted by molar-refractivity contribution is -0.210. The number of thiol groups is 1. The molecule has 2 aromatic heterocycles. The minimum atomic E-state index is -1.35. The van der Waals surface area contributed by atoms with E-state index in [9.17, 15) is 19.7 Å². The lowest BCUT2D eigenvalue weighted by Crippen LogP contribution is -2.53. The van der Waals surface area contributed by atoms with Crippen LogP contribution in [0.25, 0.3) is 16.9 Å². The number of anilines is 1. The normalized spacial score (nSPS) is 23.8. The molecule has 1 aliphatic heterocycles. The first kappa shape index (κ1) is 25.3. The maximum absolute atomic E-state index is 14.1. The lowest BCUT2D eigenvalue weighted by Gasteiger charge is -2.41. The standard InChI is InChI=1S/C24H26FN7O4S/c1-12-3-4-13(7-15(12)25)17-9-31(30-29-17)20-21(34)18(10-33)36-23(22(20)35)24-27-11-28-32(24)14-5-6-16(26-2)19(37)8-14/h3-9,11,18,20-23,26,33-35,37H,10H2,1-2H3/t18-,20+,21+,22-,23-/m1/s1. The molecule has 0 radical (unpaired) electrons. The molecule has 0 amide bonds. The Balaban J connectivity index is 1.50. The van der Waals surface area contributed by atoms with Crippen LogP contribution < -0.4 is 5.32 Å². The number of hydrogen-bond donors (Lipinski definition) is 5. The van der Waals surface area contributed by atoms with Gasteiger partial charge in [0.2, 0.25) is 0 Å².